The third-order valence-corrected chi connectivity index (χ3v) is 4.72. The van der Waals surface area contributed by atoms with Gasteiger partial charge in [-0.05, 0) is 49.7 Å². The quantitative estimate of drug-likeness (QED) is 0.556. The molecule has 1 aromatic rings. The zero-order valence-corrected chi connectivity index (χ0v) is 14.3. The van der Waals surface area contributed by atoms with E-state index in [9.17, 15) is 8.78 Å². The Morgan fingerprint density at radius 3 is 2.38 bits per heavy atom. The van der Waals surface area contributed by atoms with Crippen molar-refractivity contribution in [1.29, 1.82) is 0 Å². The molecule has 1 aromatic heterocycles. The summed E-state index contributed by atoms with van der Waals surface area (Å²) < 4.78 is 39.2. The van der Waals surface area contributed by atoms with E-state index >= 15 is 0 Å². The van der Waals surface area contributed by atoms with Crippen LogP contribution in [0.5, 0.6) is 0 Å². The minimum atomic E-state index is -1.16. The molecular weight excluding hydrogens is 366 g/mol. The van der Waals surface area contributed by atoms with Gasteiger partial charge in [0.15, 0.2) is 0 Å². The Hall–Kier alpha value is -0.495. The first-order chi connectivity index (χ1) is 9.55. The highest BCUT2D eigenvalue weighted by Gasteiger charge is 2.53. The summed E-state index contributed by atoms with van der Waals surface area (Å²) in [6.45, 7) is 7.26. The molecule has 0 unspecified atom stereocenters. The zero-order chi connectivity index (χ0) is 16.0. The van der Waals surface area contributed by atoms with Gasteiger partial charge in [0.1, 0.15) is 10.7 Å². The molecule has 1 aliphatic heterocycles. The predicted octanol–water partition coefficient (Wildman–Crippen LogP) is 4.58. The van der Waals surface area contributed by atoms with Gasteiger partial charge in [-0.25, -0.2) is 9.37 Å². The molecule has 114 valence electrons. The summed E-state index contributed by atoms with van der Waals surface area (Å²) in [5.74, 6) is -0.868. The molecule has 0 radical (unpaired) electrons. The molecule has 3 nitrogen and oxygen atoms in total. The first-order valence-electron chi connectivity index (χ1n) is 6.27. The van der Waals surface area contributed by atoms with Crippen molar-refractivity contribution in [3.63, 3.8) is 0 Å². The highest BCUT2D eigenvalue weighted by atomic mass is 79.9. The minimum Gasteiger partial charge on any atom is -0.398 e. The second-order valence-corrected chi connectivity index (χ2v) is 6.97. The van der Waals surface area contributed by atoms with E-state index < -0.39 is 30.0 Å². The van der Waals surface area contributed by atoms with Gasteiger partial charge in [0, 0.05) is 16.2 Å². The second kappa shape index (κ2) is 5.61. The standard InChI is InChI=1S/C13H14BBrClF2NO2/c1-12(2)13(3,4)21-14(20-12)9(17)5-7-8(15)6-19-11(18)10(7)16/h5-6H,1-4H3. The third-order valence-electron chi connectivity index (χ3n) is 3.73. The number of pyridine rings is 1. The van der Waals surface area contributed by atoms with Crippen LogP contribution in [0.25, 0.3) is 6.08 Å². The molecule has 2 rings (SSSR count). The summed E-state index contributed by atoms with van der Waals surface area (Å²) >= 11 is 8.96. The largest absolute Gasteiger partial charge is 0.525 e. The van der Waals surface area contributed by atoms with Crippen LogP contribution in [-0.4, -0.2) is 23.3 Å². The van der Waals surface area contributed by atoms with E-state index in [0.29, 0.717) is 4.47 Å². The van der Waals surface area contributed by atoms with Crippen molar-refractivity contribution in [2.24, 2.45) is 0 Å². The van der Waals surface area contributed by atoms with Crippen molar-refractivity contribution < 1.29 is 18.1 Å². The molecule has 0 bridgehead atoms. The van der Waals surface area contributed by atoms with Crippen LogP contribution in [0.2, 0.25) is 5.02 Å². The lowest BCUT2D eigenvalue weighted by atomic mass is 9.87. The minimum absolute atomic E-state index is 0.149. The van der Waals surface area contributed by atoms with Crippen LogP contribution in [-0.2, 0) is 9.31 Å². The Kier molecular flexibility index (Phi) is 4.51. The molecule has 8 heteroatoms. The number of hydrogen-bond acceptors (Lipinski definition) is 3. The Balaban J connectivity index is 2.34. The fourth-order valence-electron chi connectivity index (χ4n) is 1.75. The van der Waals surface area contributed by atoms with E-state index in [1.165, 1.54) is 6.20 Å². The van der Waals surface area contributed by atoms with Crippen molar-refractivity contribution in [3.05, 3.63) is 32.9 Å². The number of halogens is 4. The first-order valence-corrected chi connectivity index (χ1v) is 7.44. The van der Waals surface area contributed by atoms with E-state index in [1.54, 1.807) is 0 Å². The zero-order valence-electron chi connectivity index (χ0n) is 12.0. The summed E-state index contributed by atoms with van der Waals surface area (Å²) in [5.41, 5.74) is -1.86. The molecule has 0 atom stereocenters. The van der Waals surface area contributed by atoms with E-state index in [2.05, 4.69) is 20.9 Å². The molecule has 21 heavy (non-hydrogen) atoms. The van der Waals surface area contributed by atoms with E-state index in [-0.39, 0.29) is 10.6 Å². The van der Waals surface area contributed by atoms with Crippen LogP contribution in [0.3, 0.4) is 0 Å². The molecule has 2 heterocycles. The van der Waals surface area contributed by atoms with Crippen molar-refractivity contribution in [2.75, 3.05) is 0 Å². The number of hydrogen-bond donors (Lipinski definition) is 0. The summed E-state index contributed by atoms with van der Waals surface area (Å²) in [4.78, 5) is 3.43. The molecular formula is C13H14BBrClF2NO2. The van der Waals surface area contributed by atoms with Gasteiger partial charge in [-0.1, -0.05) is 11.6 Å². The Morgan fingerprint density at radius 1 is 1.33 bits per heavy atom. The predicted molar refractivity (Wildman–Crippen MR) is 82.1 cm³/mol. The van der Waals surface area contributed by atoms with Crippen LogP contribution >= 0.6 is 27.5 Å². The molecule has 0 aromatic carbocycles. The average molecular weight is 380 g/mol. The van der Waals surface area contributed by atoms with E-state index in [4.69, 9.17) is 20.9 Å². The van der Waals surface area contributed by atoms with Crippen molar-refractivity contribution in [1.82, 2.24) is 4.98 Å². The number of rotatable bonds is 2. The maximum absolute atomic E-state index is 14.4. The molecule has 1 saturated heterocycles. The highest BCUT2D eigenvalue weighted by molar-refractivity contribution is 9.10. The summed E-state index contributed by atoms with van der Waals surface area (Å²) in [5, 5.41) is -0.268. The lowest BCUT2D eigenvalue weighted by Gasteiger charge is -2.32. The van der Waals surface area contributed by atoms with Crippen LogP contribution in [0.15, 0.2) is 16.4 Å². The Morgan fingerprint density at radius 2 is 1.86 bits per heavy atom. The van der Waals surface area contributed by atoms with Crippen LogP contribution in [0.1, 0.15) is 33.3 Å². The number of aromatic nitrogens is 1. The Labute approximate surface area is 135 Å². The molecule has 0 saturated carbocycles. The lowest BCUT2D eigenvalue weighted by Crippen LogP contribution is -2.41. The van der Waals surface area contributed by atoms with Gasteiger partial charge in [-0.15, -0.1) is 0 Å². The highest BCUT2D eigenvalue weighted by Crippen LogP contribution is 2.39. The summed E-state index contributed by atoms with van der Waals surface area (Å²) in [6, 6.07) is 0. The molecule has 0 spiro atoms. The van der Waals surface area contributed by atoms with Crippen molar-refractivity contribution in [3.8, 4) is 0 Å². The molecule has 1 fully saturated rings. The molecule has 1 aliphatic rings. The fourth-order valence-corrected chi connectivity index (χ4v) is 2.48. The van der Waals surface area contributed by atoms with Gasteiger partial charge < -0.3 is 9.31 Å². The van der Waals surface area contributed by atoms with E-state index in [1.807, 2.05) is 27.7 Å². The second-order valence-electron chi connectivity index (χ2n) is 5.74. The topological polar surface area (TPSA) is 31.4 Å². The van der Waals surface area contributed by atoms with Crippen LogP contribution in [0, 0.1) is 5.95 Å². The SMILES string of the molecule is CC1(C)OB(C(F)=Cc2c(Br)cnc(F)c2Cl)OC1(C)C. The van der Waals surface area contributed by atoms with Crippen molar-refractivity contribution >= 4 is 40.7 Å². The molecule has 0 N–H and O–H groups in total. The van der Waals surface area contributed by atoms with E-state index in [0.717, 1.165) is 6.08 Å². The summed E-state index contributed by atoms with van der Waals surface area (Å²) in [7, 11) is -1.16. The smallest absolute Gasteiger partial charge is 0.398 e. The van der Waals surface area contributed by atoms with Gasteiger partial charge in [-0.3, -0.25) is 0 Å². The maximum Gasteiger partial charge on any atom is 0.525 e. The molecule has 0 aliphatic carbocycles. The number of nitrogens with zero attached hydrogens (tertiary/aromatic N) is 1. The van der Waals surface area contributed by atoms with Gasteiger partial charge in [0.25, 0.3) is 0 Å². The third kappa shape index (κ3) is 3.16. The van der Waals surface area contributed by atoms with Crippen LogP contribution < -0.4 is 0 Å². The van der Waals surface area contributed by atoms with Crippen LogP contribution in [0.4, 0.5) is 8.78 Å². The lowest BCUT2D eigenvalue weighted by molar-refractivity contribution is 0.00578. The fraction of sp³-hybridized carbons (Fsp3) is 0.462. The molecule has 0 amide bonds. The normalized spacial score (nSPS) is 21.0. The summed E-state index contributed by atoms with van der Waals surface area (Å²) in [6.07, 6.45) is 2.30. The Bertz CT molecular complexity index is 594. The van der Waals surface area contributed by atoms with Gasteiger partial charge in [0.05, 0.1) is 11.2 Å². The monoisotopic (exact) mass is 379 g/mol. The van der Waals surface area contributed by atoms with Gasteiger partial charge >= 0.3 is 7.12 Å². The first kappa shape index (κ1) is 16.9. The van der Waals surface area contributed by atoms with Gasteiger partial charge in [0.2, 0.25) is 5.95 Å². The average Bonchev–Trinajstić information content (AvgIpc) is 2.59. The van der Waals surface area contributed by atoms with Gasteiger partial charge in [-0.2, -0.15) is 4.39 Å². The van der Waals surface area contributed by atoms with Crippen molar-refractivity contribution in [2.45, 2.75) is 38.9 Å². The maximum atomic E-state index is 14.4.